The molecule has 10 heteroatoms. The molecule has 0 radical (unpaired) electrons. The molecular weight excluding hydrogens is 388 g/mol. The average molecular weight is 409 g/mol. The highest BCUT2D eigenvalue weighted by molar-refractivity contribution is 7.89. The molecule has 0 bridgehead atoms. The zero-order valence-corrected chi connectivity index (χ0v) is 16.6. The van der Waals surface area contributed by atoms with E-state index in [1.165, 1.54) is 34.7 Å². The van der Waals surface area contributed by atoms with Gasteiger partial charge in [-0.15, -0.1) is 11.3 Å². The van der Waals surface area contributed by atoms with Gasteiger partial charge in [0.1, 0.15) is 0 Å². The molecular formula is C17H20N4O4S2. The van der Waals surface area contributed by atoms with Gasteiger partial charge in [0.15, 0.2) is 5.13 Å². The first-order chi connectivity index (χ1) is 12.8. The normalized spacial score (nSPS) is 15.6. The molecule has 2 heterocycles. The van der Waals surface area contributed by atoms with Crippen molar-refractivity contribution in [1.82, 2.24) is 14.2 Å². The van der Waals surface area contributed by atoms with Gasteiger partial charge >= 0.3 is 0 Å². The first kappa shape index (κ1) is 19.5. The number of carbonyl (C=O) groups is 2. The lowest BCUT2D eigenvalue weighted by atomic mass is 10.2. The zero-order valence-electron chi connectivity index (χ0n) is 15.0. The maximum Gasteiger partial charge on any atom is 0.257 e. The van der Waals surface area contributed by atoms with E-state index in [0.717, 1.165) is 5.69 Å². The third kappa shape index (κ3) is 4.34. The SMILES string of the molecule is CC(=O)N1CCN(S(=O)(=O)c2cccc(C(=O)Nc3nc(C)cs3)c2)CC1. The number of rotatable bonds is 4. The number of sulfonamides is 1. The van der Waals surface area contributed by atoms with Crippen molar-refractivity contribution in [2.24, 2.45) is 0 Å². The molecule has 3 rings (SSSR count). The van der Waals surface area contributed by atoms with Crippen molar-refractivity contribution in [3.63, 3.8) is 0 Å². The number of thiazole rings is 1. The molecule has 1 aromatic carbocycles. The zero-order chi connectivity index (χ0) is 19.6. The van der Waals surface area contributed by atoms with Crippen molar-refractivity contribution in [2.75, 3.05) is 31.5 Å². The van der Waals surface area contributed by atoms with Crippen LogP contribution in [0.1, 0.15) is 23.0 Å². The Hall–Kier alpha value is -2.30. The van der Waals surface area contributed by atoms with Crippen LogP contribution in [0.2, 0.25) is 0 Å². The molecule has 27 heavy (non-hydrogen) atoms. The van der Waals surface area contributed by atoms with Crippen molar-refractivity contribution in [3.05, 3.63) is 40.9 Å². The second kappa shape index (κ2) is 7.75. The van der Waals surface area contributed by atoms with Crippen LogP contribution in [0.5, 0.6) is 0 Å². The van der Waals surface area contributed by atoms with Gasteiger partial charge in [-0.2, -0.15) is 4.31 Å². The topological polar surface area (TPSA) is 99.7 Å². The van der Waals surface area contributed by atoms with Crippen molar-refractivity contribution in [3.8, 4) is 0 Å². The van der Waals surface area contributed by atoms with E-state index >= 15 is 0 Å². The van der Waals surface area contributed by atoms with Crippen LogP contribution in [0.4, 0.5) is 5.13 Å². The molecule has 0 aliphatic carbocycles. The van der Waals surface area contributed by atoms with E-state index in [4.69, 9.17) is 0 Å². The maximum atomic E-state index is 12.9. The quantitative estimate of drug-likeness (QED) is 0.828. The van der Waals surface area contributed by atoms with Gasteiger partial charge in [0.25, 0.3) is 5.91 Å². The number of anilines is 1. The Kier molecular flexibility index (Phi) is 5.59. The van der Waals surface area contributed by atoms with Gasteiger partial charge in [0, 0.05) is 44.0 Å². The third-order valence-corrected chi connectivity index (χ3v) is 7.03. The van der Waals surface area contributed by atoms with Crippen molar-refractivity contribution in [1.29, 1.82) is 0 Å². The van der Waals surface area contributed by atoms with E-state index in [1.807, 2.05) is 12.3 Å². The number of benzene rings is 1. The third-order valence-electron chi connectivity index (χ3n) is 4.26. The summed E-state index contributed by atoms with van der Waals surface area (Å²) >= 11 is 1.31. The standard InChI is InChI=1S/C17H20N4O4S2/c1-12-11-26-17(18-12)19-16(23)14-4-3-5-15(10-14)27(24,25)21-8-6-20(7-9-21)13(2)22/h3-5,10-11H,6-9H2,1-2H3,(H,18,19,23). The van der Waals surface area contributed by atoms with Gasteiger partial charge in [0.2, 0.25) is 15.9 Å². The fourth-order valence-corrected chi connectivity index (χ4v) is 4.92. The lowest BCUT2D eigenvalue weighted by Crippen LogP contribution is -2.49. The van der Waals surface area contributed by atoms with Crippen LogP contribution in [0.25, 0.3) is 0 Å². The monoisotopic (exact) mass is 408 g/mol. The highest BCUT2D eigenvalue weighted by atomic mass is 32.2. The Labute approximate surface area is 161 Å². The molecule has 8 nitrogen and oxygen atoms in total. The van der Waals surface area contributed by atoms with Crippen LogP contribution in [-0.2, 0) is 14.8 Å². The molecule has 1 saturated heterocycles. The molecule has 0 atom stereocenters. The predicted octanol–water partition coefficient (Wildman–Crippen LogP) is 1.56. The maximum absolute atomic E-state index is 12.9. The van der Waals surface area contributed by atoms with Crippen molar-refractivity contribution in [2.45, 2.75) is 18.7 Å². The van der Waals surface area contributed by atoms with Crippen LogP contribution in [0.15, 0.2) is 34.5 Å². The minimum atomic E-state index is -3.73. The van der Waals surface area contributed by atoms with E-state index in [0.29, 0.717) is 18.2 Å². The number of hydrogen-bond acceptors (Lipinski definition) is 6. The molecule has 0 spiro atoms. The number of nitrogens with one attached hydrogen (secondary N) is 1. The fraction of sp³-hybridized carbons (Fsp3) is 0.353. The number of carbonyl (C=O) groups excluding carboxylic acids is 2. The van der Waals surface area contributed by atoms with E-state index in [-0.39, 0.29) is 29.5 Å². The number of hydrogen-bond donors (Lipinski definition) is 1. The second-order valence-corrected chi connectivity index (χ2v) is 8.98. The summed E-state index contributed by atoms with van der Waals surface area (Å²) in [6.07, 6.45) is 0. The highest BCUT2D eigenvalue weighted by Crippen LogP contribution is 2.20. The van der Waals surface area contributed by atoms with Crippen LogP contribution >= 0.6 is 11.3 Å². The highest BCUT2D eigenvalue weighted by Gasteiger charge is 2.29. The summed E-state index contributed by atoms with van der Waals surface area (Å²) in [7, 11) is -3.73. The fourth-order valence-electron chi connectivity index (χ4n) is 2.77. The van der Waals surface area contributed by atoms with Gasteiger partial charge in [-0.25, -0.2) is 13.4 Å². The van der Waals surface area contributed by atoms with Gasteiger partial charge in [-0.05, 0) is 25.1 Å². The molecule has 1 N–H and O–H groups in total. The van der Waals surface area contributed by atoms with Gasteiger partial charge in [0.05, 0.1) is 10.6 Å². The Balaban J connectivity index is 1.76. The Bertz CT molecular complexity index is 963. The number of nitrogens with zero attached hydrogens (tertiary/aromatic N) is 3. The van der Waals surface area contributed by atoms with E-state index in [1.54, 1.807) is 17.0 Å². The van der Waals surface area contributed by atoms with E-state index < -0.39 is 15.9 Å². The summed E-state index contributed by atoms with van der Waals surface area (Å²) in [6, 6.07) is 5.93. The van der Waals surface area contributed by atoms with Crippen LogP contribution in [-0.4, -0.2) is 60.6 Å². The molecule has 0 unspecified atom stereocenters. The Morgan fingerprint density at radius 3 is 2.48 bits per heavy atom. The van der Waals surface area contributed by atoms with Gasteiger partial charge in [-0.3, -0.25) is 14.9 Å². The lowest BCUT2D eigenvalue weighted by Gasteiger charge is -2.33. The minimum Gasteiger partial charge on any atom is -0.340 e. The van der Waals surface area contributed by atoms with E-state index in [2.05, 4.69) is 10.3 Å². The lowest BCUT2D eigenvalue weighted by molar-refractivity contribution is -0.129. The average Bonchev–Trinajstić information content (AvgIpc) is 3.06. The summed E-state index contributed by atoms with van der Waals surface area (Å²) in [6.45, 7) is 4.48. The Morgan fingerprint density at radius 2 is 1.89 bits per heavy atom. The molecule has 1 aliphatic rings. The molecule has 1 fully saturated rings. The summed E-state index contributed by atoms with van der Waals surface area (Å²) in [4.78, 5) is 29.6. The minimum absolute atomic E-state index is 0.0572. The molecule has 1 aromatic heterocycles. The van der Waals surface area contributed by atoms with Crippen LogP contribution in [0, 0.1) is 6.92 Å². The van der Waals surface area contributed by atoms with Gasteiger partial charge in [-0.1, -0.05) is 6.07 Å². The number of aryl methyl sites for hydroxylation is 1. The summed E-state index contributed by atoms with van der Waals surface area (Å²) in [5.74, 6) is -0.481. The molecule has 144 valence electrons. The number of piperazine rings is 1. The largest absolute Gasteiger partial charge is 0.340 e. The second-order valence-electron chi connectivity index (χ2n) is 6.19. The molecule has 0 saturated carbocycles. The first-order valence-corrected chi connectivity index (χ1v) is 10.7. The van der Waals surface area contributed by atoms with Gasteiger partial charge < -0.3 is 4.90 Å². The first-order valence-electron chi connectivity index (χ1n) is 8.36. The predicted molar refractivity (Wildman–Crippen MR) is 102 cm³/mol. The van der Waals surface area contributed by atoms with Crippen molar-refractivity contribution < 1.29 is 18.0 Å². The number of aromatic nitrogens is 1. The Morgan fingerprint density at radius 1 is 1.19 bits per heavy atom. The number of amides is 2. The molecule has 2 amide bonds. The summed E-state index contributed by atoms with van der Waals surface area (Å²) in [5, 5.41) is 4.95. The molecule has 1 aliphatic heterocycles. The molecule has 2 aromatic rings. The summed E-state index contributed by atoms with van der Waals surface area (Å²) < 4.78 is 27.1. The smallest absolute Gasteiger partial charge is 0.257 e. The van der Waals surface area contributed by atoms with Crippen molar-refractivity contribution >= 4 is 38.3 Å². The van der Waals surface area contributed by atoms with Crippen LogP contribution in [0.3, 0.4) is 0 Å². The van der Waals surface area contributed by atoms with Crippen LogP contribution < -0.4 is 5.32 Å². The summed E-state index contributed by atoms with van der Waals surface area (Å²) in [5.41, 5.74) is 1.04. The van der Waals surface area contributed by atoms with E-state index in [9.17, 15) is 18.0 Å².